The van der Waals surface area contributed by atoms with Gasteiger partial charge in [-0.15, -0.1) is 11.3 Å². The molecule has 27 heavy (non-hydrogen) atoms. The van der Waals surface area contributed by atoms with Gasteiger partial charge < -0.3 is 10.3 Å². The molecule has 2 aromatic heterocycles. The minimum atomic E-state index is -0.0749. The molecule has 3 aromatic rings. The SMILES string of the molecule is C[C@H]1CCc2c(sc3nc([C@@H](C)N[C@@H](C)c4cccc(Cl)c4)[nH]c(=O)c23)C1. The van der Waals surface area contributed by atoms with Crippen molar-refractivity contribution < 1.29 is 0 Å². The van der Waals surface area contributed by atoms with Crippen molar-refractivity contribution in [2.24, 2.45) is 5.92 Å². The van der Waals surface area contributed by atoms with Crippen LogP contribution in [-0.4, -0.2) is 9.97 Å². The number of hydrogen-bond donors (Lipinski definition) is 2. The van der Waals surface area contributed by atoms with Gasteiger partial charge in [-0.1, -0.05) is 30.7 Å². The van der Waals surface area contributed by atoms with Gasteiger partial charge in [0, 0.05) is 15.9 Å². The van der Waals surface area contributed by atoms with Crippen LogP contribution in [0, 0.1) is 5.92 Å². The third-order valence-corrected chi connectivity index (χ3v) is 6.83. The number of fused-ring (bicyclic) bond motifs is 3. The van der Waals surface area contributed by atoms with E-state index in [1.54, 1.807) is 11.3 Å². The molecule has 3 atom stereocenters. The Morgan fingerprint density at radius 1 is 1.33 bits per heavy atom. The molecule has 4 nitrogen and oxygen atoms in total. The van der Waals surface area contributed by atoms with Gasteiger partial charge >= 0.3 is 0 Å². The Morgan fingerprint density at radius 3 is 2.93 bits per heavy atom. The first-order chi connectivity index (χ1) is 12.9. The lowest BCUT2D eigenvalue weighted by Crippen LogP contribution is -2.26. The molecule has 0 aliphatic heterocycles. The van der Waals surface area contributed by atoms with Crippen LogP contribution in [-0.2, 0) is 12.8 Å². The van der Waals surface area contributed by atoms with Gasteiger partial charge in [-0.05, 0) is 62.3 Å². The van der Waals surface area contributed by atoms with Gasteiger partial charge in [0.1, 0.15) is 10.7 Å². The monoisotopic (exact) mass is 401 g/mol. The Kier molecular flexibility index (Phi) is 5.10. The molecule has 0 saturated carbocycles. The summed E-state index contributed by atoms with van der Waals surface area (Å²) in [5.74, 6) is 1.37. The second kappa shape index (κ2) is 7.38. The molecule has 6 heteroatoms. The number of hydrogen-bond acceptors (Lipinski definition) is 4. The van der Waals surface area contributed by atoms with E-state index in [9.17, 15) is 4.79 Å². The summed E-state index contributed by atoms with van der Waals surface area (Å²) in [4.78, 5) is 22.8. The third-order valence-electron chi connectivity index (χ3n) is 5.44. The predicted octanol–water partition coefficient (Wildman–Crippen LogP) is 5.17. The lowest BCUT2D eigenvalue weighted by Gasteiger charge is -2.20. The van der Waals surface area contributed by atoms with Crippen LogP contribution in [0.4, 0.5) is 0 Å². The van der Waals surface area contributed by atoms with Crippen LogP contribution in [0.2, 0.25) is 5.02 Å². The summed E-state index contributed by atoms with van der Waals surface area (Å²) >= 11 is 7.79. The fourth-order valence-corrected chi connectivity index (χ4v) is 5.49. The van der Waals surface area contributed by atoms with Gasteiger partial charge in [-0.2, -0.15) is 0 Å². The number of aromatic amines is 1. The first-order valence-corrected chi connectivity index (χ1v) is 10.7. The van der Waals surface area contributed by atoms with E-state index >= 15 is 0 Å². The molecule has 0 saturated heterocycles. The summed E-state index contributed by atoms with van der Waals surface area (Å²) in [5.41, 5.74) is 2.32. The fraction of sp³-hybridized carbons (Fsp3) is 0.429. The Morgan fingerprint density at radius 2 is 2.15 bits per heavy atom. The number of aromatic nitrogens is 2. The summed E-state index contributed by atoms with van der Waals surface area (Å²) in [6.07, 6.45) is 3.19. The number of halogens is 1. The zero-order valence-electron chi connectivity index (χ0n) is 15.8. The van der Waals surface area contributed by atoms with Crippen molar-refractivity contribution in [3.63, 3.8) is 0 Å². The van der Waals surface area contributed by atoms with Crippen molar-refractivity contribution in [1.82, 2.24) is 15.3 Å². The maximum atomic E-state index is 12.8. The van der Waals surface area contributed by atoms with Crippen LogP contribution in [0.25, 0.3) is 10.2 Å². The highest BCUT2D eigenvalue weighted by atomic mass is 35.5. The number of aryl methyl sites for hydroxylation is 1. The van der Waals surface area contributed by atoms with E-state index in [1.165, 1.54) is 10.4 Å². The van der Waals surface area contributed by atoms with E-state index in [4.69, 9.17) is 16.6 Å². The van der Waals surface area contributed by atoms with E-state index in [-0.39, 0.29) is 17.6 Å². The smallest absolute Gasteiger partial charge is 0.259 e. The fourth-order valence-electron chi connectivity index (χ4n) is 3.90. The van der Waals surface area contributed by atoms with E-state index < -0.39 is 0 Å². The summed E-state index contributed by atoms with van der Waals surface area (Å²) in [7, 11) is 0. The largest absolute Gasteiger partial charge is 0.309 e. The number of thiophene rings is 1. The highest BCUT2D eigenvalue weighted by molar-refractivity contribution is 7.18. The van der Waals surface area contributed by atoms with E-state index in [2.05, 4.69) is 24.1 Å². The minimum absolute atomic E-state index is 0.00823. The Balaban J connectivity index is 1.62. The number of nitrogens with one attached hydrogen (secondary N) is 2. The molecule has 0 amide bonds. The molecule has 1 aromatic carbocycles. The average molecular weight is 402 g/mol. The molecule has 4 rings (SSSR count). The summed E-state index contributed by atoms with van der Waals surface area (Å²) in [5, 5.41) is 5.04. The van der Waals surface area contributed by atoms with Gasteiger partial charge in [0.05, 0.1) is 11.4 Å². The third kappa shape index (κ3) is 3.68. The highest BCUT2D eigenvalue weighted by Crippen LogP contribution is 2.35. The molecule has 2 N–H and O–H groups in total. The summed E-state index contributed by atoms with van der Waals surface area (Å²) in [6, 6.07) is 7.84. The highest BCUT2D eigenvalue weighted by Gasteiger charge is 2.24. The molecule has 1 aliphatic rings. The molecular weight excluding hydrogens is 378 g/mol. The second-order valence-corrected chi connectivity index (χ2v) is 9.17. The van der Waals surface area contributed by atoms with Crippen molar-refractivity contribution in [3.05, 3.63) is 61.5 Å². The van der Waals surface area contributed by atoms with E-state index in [1.807, 2.05) is 31.2 Å². The standard InChI is InChI=1S/C21H24ClN3OS/c1-11-7-8-16-17(9-11)27-21-18(16)20(26)24-19(25-21)13(3)23-12(2)14-5-4-6-15(22)10-14/h4-6,10-13,23H,7-9H2,1-3H3,(H,24,25,26)/t11-,12-,13+/m0/s1. The Labute approximate surface area is 168 Å². The lowest BCUT2D eigenvalue weighted by atomic mass is 9.89. The normalized spacial score (nSPS) is 19.0. The zero-order chi connectivity index (χ0) is 19.1. The van der Waals surface area contributed by atoms with Crippen LogP contribution < -0.4 is 10.9 Å². The molecule has 0 fully saturated rings. The summed E-state index contributed by atoms with van der Waals surface area (Å²) < 4.78 is 0. The maximum Gasteiger partial charge on any atom is 0.259 e. The van der Waals surface area contributed by atoms with Crippen molar-refractivity contribution in [3.8, 4) is 0 Å². The maximum absolute atomic E-state index is 12.8. The number of H-pyrrole nitrogens is 1. The Hall–Kier alpha value is -1.69. The van der Waals surface area contributed by atoms with Crippen LogP contribution in [0.15, 0.2) is 29.1 Å². The molecule has 0 spiro atoms. The lowest BCUT2D eigenvalue weighted by molar-refractivity contribution is 0.477. The number of nitrogens with zero attached hydrogens (tertiary/aromatic N) is 1. The van der Waals surface area contributed by atoms with Crippen molar-refractivity contribution in [2.75, 3.05) is 0 Å². The minimum Gasteiger partial charge on any atom is -0.309 e. The van der Waals surface area contributed by atoms with Gasteiger partial charge in [0.25, 0.3) is 5.56 Å². The Bertz CT molecular complexity index is 1040. The molecule has 142 valence electrons. The molecule has 0 bridgehead atoms. The molecule has 1 aliphatic carbocycles. The number of rotatable bonds is 4. The molecular formula is C21H24ClN3OS. The van der Waals surface area contributed by atoms with Crippen LogP contribution in [0.3, 0.4) is 0 Å². The first kappa shape index (κ1) is 18.7. The van der Waals surface area contributed by atoms with Crippen LogP contribution >= 0.6 is 22.9 Å². The first-order valence-electron chi connectivity index (χ1n) is 9.48. The average Bonchev–Trinajstić information content (AvgIpc) is 2.99. The predicted molar refractivity (Wildman–Crippen MR) is 113 cm³/mol. The van der Waals surface area contributed by atoms with Gasteiger partial charge in [-0.3, -0.25) is 4.79 Å². The molecule has 0 radical (unpaired) electrons. The topological polar surface area (TPSA) is 57.8 Å². The van der Waals surface area contributed by atoms with Gasteiger partial charge in [0.15, 0.2) is 0 Å². The van der Waals surface area contributed by atoms with Crippen molar-refractivity contribution >= 4 is 33.2 Å². The van der Waals surface area contributed by atoms with Crippen molar-refractivity contribution in [2.45, 2.75) is 52.1 Å². The van der Waals surface area contributed by atoms with Gasteiger partial charge in [0.2, 0.25) is 0 Å². The van der Waals surface area contributed by atoms with Crippen LogP contribution in [0.1, 0.15) is 61.1 Å². The zero-order valence-corrected chi connectivity index (χ0v) is 17.4. The van der Waals surface area contributed by atoms with Crippen molar-refractivity contribution in [1.29, 1.82) is 0 Å². The van der Waals surface area contributed by atoms with E-state index in [0.29, 0.717) is 11.7 Å². The number of benzene rings is 1. The van der Waals surface area contributed by atoms with E-state index in [0.717, 1.165) is 40.1 Å². The van der Waals surface area contributed by atoms with Crippen LogP contribution in [0.5, 0.6) is 0 Å². The summed E-state index contributed by atoms with van der Waals surface area (Å²) in [6.45, 7) is 6.39. The molecule has 2 heterocycles. The van der Waals surface area contributed by atoms with Gasteiger partial charge in [-0.25, -0.2) is 4.98 Å². The quantitative estimate of drug-likeness (QED) is 0.633. The molecule has 0 unspecified atom stereocenters. The second-order valence-electron chi connectivity index (χ2n) is 7.65.